The first kappa shape index (κ1) is 16.8. The third-order valence-corrected chi connectivity index (χ3v) is 3.87. The Kier molecular flexibility index (Phi) is 5.49. The Labute approximate surface area is 146 Å². The van der Waals surface area contributed by atoms with Gasteiger partial charge in [-0.3, -0.25) is 10.1 Å². The molecule has 0 fully saturated rings. The molecule has 0 bridgehead atoms. The Morgan fingerprint density at radius 3 is 2.12 bits per heavy atom. The molecule has 0 aliphatic carbocycles. The summed E-state index contributed by atoms with van der Waals surface area (Å²) >= 11 is 0. The normalized spacial score (nSPS) is 11.8. The number of aliphatic carboxylic acids is 1. The van der Waals surface area contributed by atoms with Gasteiger partial charge in [0.25, 0.3) is 0 Å². The van der Waals surface area contributed by atoms with E-state index >= 15 is 0 Å². The van der Waals surface area contributed by atoms with E-state index in [1.54, 1.807) is 12.4 Å². The molecule has 0 amide bonds. The summed E-state index contributed by atoms with van der Waals surface area (Å²) in [6.07, 6.45) is 3.88. The maximum absolute atomic E-state index is 11.5. The van der Waals surface area contributed by atoms with Crippen LogP contribution in [0.4, 0.5) is 0 Å². The average molecular weight is 333 g/mol. The molecule has 25 heavy (non-hydrogen) atoms. The minimum absolute atomic E-state index is 0.402. The lowest BCUT2D eigenvalue weighted by Gasteiger charge is -2.14. The molecule has 1 atom stereocenters. The van der Waals surface area contributed by atoms with Gasteiger partial charge >= 0.3 is 5.97 Å². The lowest BCUT2D eigenvalue weighted by molar-refractivity contribution is -0.139. The van der Waals surface area contributed by atoms with Gasteiger partial charge in [-0.1, -0.05) is 60.7 Å². The van der Waals surface area contributed by atoms with Crippen molar-refractivity contribution in [1.29, 1.82) is 0 Å². The predicted molar refractivity (Wildman–Crippen MR) is 95.9 cm³/mol. The number of hydrogen-bond acceptors (Lipinski definition) is 4. The first-order valence-corrected chi connectivity index (χ1v) is 8.09. The fourth-order valence-corrected chi connectivity index (χ4v) is 2.52. The molecule has 2 N–H and O–H groups in total. The Morgan fingerprint density at radius 1 is 0.920 bits per heavy atom. The highest BCUT2D eigenvalue weighted by Crippen LogP contribution is 2.13. The smallest absolute Gasteiger partial charge is 0.321 e. The highest BCUT2D eigenvalue weighted by molar-refractivity contribution is 5.73. The van der Waals surface area contributed by atoms with E-state index in [-0.39, 0.29) is 0 Å². The Bertz CT molecular complexity index is 805. The van der Waals surface area contributed by atoms with Crippen LogP contribution in [0.15, 0.2) is 73.1 Å². The summed E-state index contributed by atoms with van der Waals surface area (Å²) in [5.41, 5.74) is 2.78. The zero-order chi connectivity index (χ0) is 17.5. The van der Waals surface area contributed by atoms with Gasteiger partial charge in [0, 0.05) is 30.1 Å². The van der Waals surface area contributed by atoms with Crippen LogP contribution in [0.5, 0.6) is 0 Å². The number of hydrogen-bond donors (Lipinski definition) is 2. The number of benzene rings is 2. The molecule has 1 unspecified atom stereocenters. The van der Waals surface area contributed by atoms with Crippen LogP contribution in [0.3, 0.4) is 0 Å². The molecule has 3 rings (SSSR count). The van der Waals surface area contributed by atoms with Crippen molar-refractivity contribution in [3.63, 3.8) is 0 Å². The highest BCUT2D eigenvalue weighted by Gasteiger charge is 2.17. The maximum atomic E-state index is 11.5. The number of nitrogens with one attached hydrogen (secondary N) is 1. The summed E-state index contributed by atoms with van der Waals surface area (Å²) in [5.74, 6) is -0.214. The second-order valence-electron chi connectivity index (χ2n) is 5.74. The van der Waals surface area contributed by atoms with Gasteiger partial charge in [-0.2, -0.15) is 0 Å². The van der Waals surface area contributed by atoms with Gasteiger partial charge in [-0.25, -0.2) is 9.97 Å². The lowest BCUT2D eigenvalue weighted by Crippen LogP contribution is -2.38. The molecule has 5 heteroatoms. The predicted octanol–water partition coefficient (Wildman–Crippen LogP) is 2.93. The highest BCUT2D eigenvalue weighted by atomic mass is 16.4. The quantitative estimate of drug-likeness (QED) is 0.695. The van der Waals surface area contributed by atoms with Crippen LogP contribution in [0.25, 0.3) is 11.4 Å². The van der Waals surface area contributed by atoms with Crippen LogP contribution in [0.1, 0.15) is 11.1 Å². The van der Waals surface area contributed by atoms with E-state index < -0.39 is 12.0 Å². The SMILES string of the molecule is O=C(O)C(Cc1ccccc1)NCc1cnc(-c2ccccc2)nc1. The fraction of sp³-hybridized carbons (Fsp3) is 0.150. The Balaban J connectivity index is 1.62. The van der Waals surface area contributed by atoms with Crippen molar-refractivity contribution in [2.75, 3.05) is 0 Å². The van der Waals surface area contributed by atoms with Gasteiger partial charge in [-0.05, 0) is 12.0 Å². The molecule has 0 aliphatic heterocycles. The van der Waals surface area contributed by atoms with Crippen LogP contribution in [0.2, 0.25) is 0 Å². The third-order valence-electron chi connectivity index (χ3n) is 3.87. The van der Waals surface area contributed by atoms with E-state index in [0.29, 0.717) is 18.8 Å². The van der Waals surface area contributed by atoms with Crippen LogP contribution in [-0.2, 0) is 17.8 Å². The van der Waals surface area contributed by atoms with Crippen LogP contribution in [-0.4, -0.2) is 27.1 Å². The molecule has 5 nitrogen and oxygen atoms in total. The second kappa shape index (κ2) is 8.17. The van der Waals surface area contributed by atoms with E-state index in [1.807, 2.05) is 60.7 Å². The van der Waals surface area contributed by atoms with E-state index in [9.17, 15) is 9.90 Å². The van der Waals surface area contributed by atoms with Crippen molar-refractivity contribution in [2.24, 2.45) is 0 Å². The third kappa shape index (κ3) is 4.71. The van der Waals surface area contributed by atoms with E-state index in [0.717, 1.165) is 16.7 Å². The molecule has 0 saturated carbocycles. The minimum Gasteiger partial charge on any atom is -0.480 e. The molecular weight excluding hydrogens is 314 g/mol. The monoisotopic (exact) mass is 333 g/mol. The van der Waals surface area contributed by atoms with Crippen molar-refractivity contribution in [3.05, 3.63) is 84.2 Å². The van der Waals surface area contributed by atoms with Gasteiger partial charge < -0.3 is 5.11 Å². The summed E-state index contributed by atoms with van der Waals surface area (Å²) in [6.45, 7) is 0.402. The number of aromatic nitrogens is 2. The van der Waals surface area contributed by atoms with Crippen molar-refractivity contribution >= 4 is 5.97 Å². The molecule has 3 aromatic rings. The van der Waals surface area contributed by atoms with Crippen molar-refractivity contribution in [3.8, 4) is 11.4 Å². The van der Waals surface area contributed by atoms with Crippen molar-refractivity contribution < 1.29 is 9.90 Å². The second-order valence-corrected chi connectivity index (χ2v) is 5.74. The van der Waals surface area contributed by atoms with Gasteiger partial charge in [-0.15, -0.1) is 0 Å². The molecular formula is C20H19N3O2. The molecule has 0 radical (unpaired) electrons. The fourth-order valence-electron chi connectivity index (χ4n) is 2.52. The number of nitrogens with zero attached hydrogens (tertiary/aromatic N) is 2. The molecule has 0 spiro atoms. The molecule has 126 valence electrons. The van der Waals surface area contributed by atoms with Crippen LogP contribution in [0, 0.1) is 0 Å². The summed E-state index contributed by atoms with van der Waals surface area (Å²) in [6, 6.07) is 18.7. The average Bonchev–Trinajstić information content (AvgIpc) is 2.67. The van der Waals surface area contributed by atoms with Gasteiger partial charge in [0.2, 0.25) is 0 Å². The van der Waals surface area contributed by atoms with E-state index in [4.69, 9.17) is 0 Å². The molecule has 1 aromatic heterocycles. The van der Waals surface area contributed by atoms with E-state index in [2.05, 4.69) is 15.3 Å². The van der Waals surface area contributed by atoms with Gasteiger partial charge in [0.15, 0.2) is 5.82 Å². The van der Waals surface area contributed by atoms with Crippen LogP contribution >= 0.6 is 0 Å². The minimum atomic E-state index is -0.870. The summed E-state index contributed by atoms with van der Waals surface area (Å²) in [7, 11) is 0. The number of carboxylic acids is 1. The first-order chi connectivity index (χ1) is 12.2. The molecule has 1 heterocycles. The Morgan fingerprint density at radius 2 is 1.52 bits per heavy atom. The summed E-state index contributed by atoms with van der Waals surface area (Å²) in [4.78, 5) is 20.2. The number of rotatable bonds is 7. The first-order valence-electron chi connectivity index (χ1n) is 8.09. The van der Waals surface area contributed by atoms with Crippen molar-refractivity contribution in [2.45, 2.75) is 19.0 Å². The number of carboxylic acid groups (broad SMARTS) is 1. The lowest BCUT2D eigenvalue weighted by atomic mass is 10.1. The van der Waals surface area contributed by atoms with Crippen molar-refractivity contribution in [1.82, 2.24) is 15.3 Å². The summed E-state index contributed by atoms with van der Waals surface area (Å²) < 4.78 is 0. The molecule has 0 aliphatic rings. The largest absolute Gasteiger partial charge is 0.480 e. The topological polar surface area (TPSA) is 75.1 Å². The molecule has 0 saturated heterocycles. The van der Waals surface area contributed by atoms with Gasteiger partial charge in [0.1, 0.15) is 6.04 Å². The summed E-state index contributed by atoms with van der Waals surface area (Å²) in [5, 5.41) is 12.5. The Hall–Kier alpha value is -3.05. The molecule has 2 aromatic carbocycles. The standard InChI is InChI=1S/C20H19N3O2/c24-20(25)18(11-15-7-3-1-4-8-15)21-12-16-13-22-19(23-14-16)17-9-5-2-6-10-17/h1-10,13-14,18,21H,11-12H2,(H,24,25). The zero-order valence-electron chi connectivity index (χ0n) is 13.7. The van der Waals surface area contributed by atoms with E-state index in [1.165, 1.54) is 0 Å². The zero-order valence-corrected chi connectivity index (χ0v) is 13.7. The van der Waals surface area contributed by atoms with Gasteiger partial charge in [0.05, 0.1) is 0 Å². The maximum Gasteiger partial charge on any atom is 0.321 e. The number of carbonyl (C=O) groups is 1. The van der Waals surface area contributed by atoms with Crippen LogP contribution < -0.4 is 5.32 Å².